The number of fused-ring (bicyclic) bond motifs is 4. The van der Waals surface area contributed by atoms with Crippen LogP contribution in [0.3, 0.4) is 0 Å². The first-order valence-corrected chi connectivity index (χ1v) is 28.8. The van der Waals surface area contributed by atoms with Crippen LogP contribution in [-0.4, -0.2) is 104 Å². The number of piperazine rings is 1. The van der Waals surface area contributed by atoms with Crippen LogP contribution in [0, 0.1) is 28.9 Å². The number of benzene rings is 4. The smallest absolute Gasteiger partial charge is 0.417 e. The monoisotopic (exact) mass is 1170 g/mol. The SMILES string of the molecule is CC(C)C(C(=O)N1CCCC1C)n1cc(-c2ccc(COc3c(-c4ccc(F)c5sc(N)c(C#N)c45)c(C(F)(F)F)cc4c(N5CC6CC5CN6)nc(OC5CCOCC5)nc34)cc2)nn1.CC(NC=O)c1ccc(-c2ccncc2F)cc1. The average molecular weight is 1170 g/mol. The van der Waals surface area contributed by atoms with Gasteiger partial charge in [0.1, 0.15) is 58.5 Å². The Kier molecular flexibility index (Phi) is 16.5. The highest BCUT2D eigenvalue weighted by atomic mass is 32.1. The number of nitrogens with one attached hydrogen (secondary N) is 2. The van der Waals surface area contributed by atoms with Crippen LogP contribution < -0.4 is 30.7 Å². The van der Waals surface area contributed by atoms with Crippen LogP contribution in [0.4, 0.5) is 32.8 Å². The normalized spacial score (nSPS) is 18.7. The zero-order valence-electron chi connectivity index (χ0n) is 46.5. The van der Waals surface area contributed by atoms with E-state index in [0.717, 1.165) is 53.9 Å². The minimum atomic E-state index is -4.97. The second-order valence-corrected chi connectivity index (χ2v) is 23.0. The van der Waals surface area contributed by atoms with Crippen LogP contribution in [0.5, 0.6) is 11.8 Å². The standard InChI is InChI=1S/C47H48F4N10O4S.C14H13FN2O/c1-24(2)40(45(62)59-14-4-5-25(59)3)61-22-36(57-58-61)27-8-6-26(7-9-27)23-64-41-38(31-10-11-35(48)42-37(31)33(19-52)43(53)66-42)34(47(49,50)51)18-32-39(41)55-46(65-30-12-15-63-16-13-30)56-44(32)60-21-28-17-29(60)20-54-28;1-10(17-9-18)11-2-4-12(5-3-11)13-6-7-16-8-14(13)15/h6-11,18,22,24-25,28-30,40,54H,4-5,12-17,20-21,23,53H2,1-3H3;2-10H,1H3,(H,17,18). The summed E-state index contributed by atoms with van der Waals surface area (Å²) in [6.07, 6.45) is 3.76. The molecule has 5 atom stereocenters. The molecule has 4 aliphatic rings. The quantitative estimate of drug-likeness (QED) is 0.0644. The van der Waals surface area contributed by atoms with E-state index in [1.807, 2.05) is 60.9 Å². The fraction of sp³-hybridized carbons (Fsp3) is 0.377. The highest BCUT2D eigenvalue weighted by Gasteiger charge is 2.43. The first-order valence-electron chi connectivity index (χ1n) is 27.9. The van der Waals surface area contributed by atoms with E-state index in [4.69, 9.17) is 29.9 Å². The molecule has 0 saturated carbocycles. The second-order valence-electron chi connectivity index (χ2n) is 21.9. The molecule has 5 unspecified atom stereocenters. The number of aromatic nitrogens is 6. The highest BCUT2D eigenvalue weighted by Crippen LogP contribution is 2.52. The molecule has 2 amide bonds. The summed E-state index contributed by atoms with van der Waals surface area (Å²) >= 11 is 0.790. The molecule has 8 aromatic rings. The maximum atomic E-state index is 15.8. The van der Waals surface area contributed by atoms with Crippen molar-refractivity contribution in [3.63, 3.8) is 0 Å². The number of nitrogens with two attached hydrogens (primary N) is 1. The van der Waals surface area contributed by atoms with Crippen LogP contribution in [0.2, 0.25) is 0 Å². The number of thiophene rings is 1. The first-order chi connectivity index (χ1) is 40.5. The first kappa shape index (κ1) is 57.5. The van der Waals surface area contributed by atoms with Gasteiger partial charge in [0.15, 0.2) is 5.75 Å². The lowest BCUT2D eigenvalue weighted by atomic mass is 9.92. The van der Waals surface area contributed by atoms with Crippen molar-refractivity contribution in [3.05, 3.63) is 125 Å². The van der Waals surface area contributed by atoms with Crippen molar-refractivity contribution >= 4 is 55.5 Å². The minimum absolute atomic E-state index is 0.0115. The average Bonchev–Trinajstić information content (AvgIpc) is 2.89. The van der Waals surface area contributed by atoms with Crippen molar-refractivity contribution in [2.24, 2.45) is 5.92 Å². The number of carbonyl (C=O) groups is 2. The Morgan fingerprint density at radius 2 is 1.76 bits per heavy atom. The number of amides is 2. The van der Waals surface area contributed by atoms with Crippen molar-refractivity contribution in [3.8, 4) is 51.3 Å². The van der Waals surface area contributed by atoms with Gasteiger partial charge in [-0.25, -0.2) is 13.5 Å². The molecule has 4 N–H and O–H groups in total. The molecule has 0 aliphatic carbocycles. The Bertz CT molecular complexity index is 3770. The Labute approximate surface area is 484 Å². The number of hydrogen-bond donors (Lipinski definition) is 3. The van der Waals surface area contributed by atoms with Gasteiger partial charge in [-0.05, 0) is 79.5 Å². The van der Waals surface area contributed by atoms with Crippen molar-refractivity contribution in [1.82, 2.24) is 45.5 Å². The van der Waals surface area contributed by atoms with E-state index in [0.29, 0.717) is 74.5 Å². The van der Waals surface area contributed by atoms with Gasteiger partial charge in [0.25, 0.3) is 0 Å². The Morgan fingerprint density at radius 1 is 1.00 bits per heavy atom. The molecule has 4 aromatic carbocycles. The number of carbonyl (C=O) groups excluding carboxylic acids is 2. The van der Waals surface area contributed by atoms with E-state index in [-0.39, 0.29) is 109 Å². The van der Waals surface area contributed by atoms with E-state index < -0.39 is 29.2 Å². The number of anilines is 2. The maximum absolute atomic E-state index is 15.8. The number of rotatable bonds is 15. The Hall–Kier alpha value is -8.33. The molecular weight excluding hydrogens is 1110 g/mol. The molecule has 0 radical (unpaired) electrons. The minimum Gasteiger partial charge on any atom is -0.486 e. The van der Waals surface area contributed by atoms with Gasteiger partial charge in [-0.1, -0.05) is 73.7 Å². The number of pyridine rings is 1. The topological polar surface area (TPSA) is 212 Å². The van der Waals surface area contributed by atoms with E-state index in [2.05, 4.69) is 32.9 Å². The zero-order chi connectivity index (χ0) is 59.0. The number of nitrogen functional groups attached to an aromatic ring is 1. The van der Waals surface area contributed by atoms with Gasteiger partial charge < -0.3 is 40.4 Å². The highest BCUT2D eigenvalue weighted by molar-refractivity contribution is 7.23. The van der Waals surface area contributed by atoms with Crippen molar-refractivity contribution in [1.29, 1.82) is 5.26 Å². The van der Waals surface area contributed by atoms with Gasteiger partial charge in [0, 0.05) is 84.3 Å². The van der Waals surface area contributed by atoms with Crippen LogP contribution >= 0.6 is 11.3 Å². The number of nitrogens with zero attached hydrogens (tertiary/aromatic N) is 9. The van der Waals surface area contributed by atoms with Crippen LogP contribution in [0.15, 0.2) is 91.4 Å². The molecule has 8 heterocycles. The molecule has 2 bridgehead atoms. The summed E-state index contributed by atoms with van der Waals surface area (Å²) in [4.78, 5) is 41.3. The van der Waals surface area contributed by atoms with E-state index >= 15 is 17.6 Å². The molecule has 4 saturated heterocycles. The second kappa shape index (κ2) is 24.1. The largest absolute Gasteiger partial charge is 0.486 e. The molecule has 84 heavy (non-hydrogen) atoms. The van der Waals surface area contributed by atoms with Gasteiger partial charge >= 0.3 is 12.2 Å². The molecule has 4 aliphatic heterocycles. The summed E-state index contributed by atoms with van der Waals surface area (Å²) < 4.78 is 96.6. The Balaban J connectivity index is 0.000000349. The van der Waals surface area contributed by atoms with Gasteiger partial charge in [-0.2, -0.15) is 28.4 Å². The molecular formula is C61H61F5N12O5S. The van der Waals surface area contributed by atoms with Crippen molar-refractivity contribution in [2.75, 3.05) is 43.5 Å². The Morgan fingerprint density at radius 3 is 2.42 bits per heavy atom. The summed E-state index contributed by atoms with van der Waals surface area (Å²) in [6.45, 7) is 10.5. The third kappa shape index (κ3) is 11.5. The fourth-order valence-electron chi connectivity index (χ4n) is 11.7. The number of alkyl halides is 3. The molecule has 436 valence electrons. The summed E-state index contributed by atoms with van der Waals surface area (Å²) in [6, 6.07) is 21.2. The predicted octanol–water partition coefficient (Wildman–Crippen LogP) is 11.0. The fourth-order valence-corrected chi connectivity index (χ4v) is 12.7. The van der Waals surface area contributed by atoms with Crippen LogP contribution in [-0.2, 0) is 27.1 Å². The van der Waals surface area contributed by atoms with Crippen LogP contribution in [0.25, 0.3) is 54.5 Å². The zero-order valence-corrected chi connectivity index (χ0v) is 47.3. The number of halogens is 5. The third-order valence-electron chi connectivity index (χ3n) is 16.1. The maximum Gasteiger partial charge on any atom is 0.417 e. The summed E-state index contributed by atoms with van der Waals surface area (Å²) in [5.74, 6) is -1.06. The predicted molar refractivity (Wildman–Crippen MR) is 308 cm³/mol. The molecule has 12 rings (SSSR count). The van der Waals surface area contributed by atoms with E-state index in [1.54, 1.807) is 47.4 Å². The molecule has 0 spiro atoms. The van der Waals surface area contributed by atoms with E-state index in [1.165, 1.54) is 12.3 Å². The summed E-state index contributed by atoms with van der Waals surface area (Å²) in [5.41, 5.74) is 8.66. The van der Waals surface area contributed by atoms with Crippen molar-refractivity contribution in [2.45, 2.75) is 109 Å². The summed E-state index contributed by atoms with van der Waals surface area (Å²) in [5, 5.41) is 25.2. The van der Waals surface area contributed by atoms with Gasteiger partial charge in [0.05, 0.1) is 47.5 Å². The lowest BCUT2D eigenvalue weighted by Gasteiger charge is -2.31. The van der Waals surface area contributed by atoms with Crippen LogP contribution in [0.1, 0.15) is 94.1 Å². The third-order valence-corrected chi connectivity index (χ3v) is 17.2. The lowest BCUT2D eigenvalue weighted by molar-refractivity contribution is -0.137. The van der Waals surface area contributed by atoms with Gasteiger partial charge in [-0.3, -0.25) is 14.6 Å². The number of hydrogen-bond acceptors (Lipinski definition) is 15. The molecule has 17 nitrogen and oxygen atoms in total. The number of ether oxygens (including phenoxy) is 3. The van der Waals surface area contributed by atoms with Crippen molar-refractivity contribution < 1.29 is 45.8 Å². The molecule has 4 aromatic heterocycles. The summed E-state index contributed by atoms with van der Waals surface area (Å²) in [7, 11) is 0. The molecule has 23 heteroatoms. The van der Waals surface area contributed by atoms with Gasteiger partial charge in [0.2, 0.25) is 12.3 Å². The lowest BCUT2D eigenvalue weighted by Crippen LogP contribution is -2.44. The number of likely N-dealkylation sites (tertiary alicyclic amines) is 1. The molecule has 4 fully saturated rings. The van der Waals surface area contributed by atoms with Gasteiger partial charge in [-0.15, -0.1) is 16.4 Å². The van der Waals surface area contributed by atoms with E-state index in [9.17, 15) is 19.2 Å². The number of nitriles is 1.